The molecule has 0 heterocycles. The quantitative estimate of drug-likeness (QED) is 0.912. The second-order valence-corrected chi connectivity index (χ2v) is 4.79. The van der Waals surface area contributed by atoms with Gasteiger partial charge in [-0.3, -0.25) is 0 Å². The Hall–Kier alpha value is -2.01. The zero-order valence-corrected chi connectivity index (χ0v) is 11.7. The molecule has 0 spiro atoms. The van der Waals surface area contributed by atoms with Gasteiger partial charge in [0.15, 0.2) is 0 Å². The van der Waals surface area contributed by atoms with Crippen molar-refractivity contribution in [3.63, 3.8) is 0 Å². The Morgan fingerprint density at radius 3 is 2.43 bits per heavy atom. The summed E-state index contributed by atoms with van der Waals surface area (Å²) < 4.78 is 40.2. The molecule has 0 aliphatic heterocycles. The first-order chi connectivity index (χ1) is 10.0. The fourth-order valence-corrected chi connectivity index (χ4v) is 2.22. The maximum atomic E-state index is 13.7. The summed E-state index contributed by atoms with van der Waals surface area (Å²) in [5.74, 6) is -1.42. The summed E-state index contributed by atoms with van der Waals surface area (Å²) in [5, 5.41) is 0. The molecule has 2 nitrogen and oxygen atoms in total. The molecule has 0 fully saturated rings. The van der Waals surface area contributed by atoms with Crippen molar-refractivity contribution < 1.29 is 13.2 Å². The van der Waals surface area contributed by atoms with Crippen molar-refractivity contribution in [2.75, 3.05) is 18.0 Å². The summed E-state index contributed by atoms with van der Waals surface area (Å²) >= 11 is 0. The van der Waals surface area contributed by atoms with Gasteiger partial charge in [-0.2, -0.15) is 0 Å². The van der Waals surface area contributed by atoms with Gasteiger partial charge in [-0.1, -0.05) is 6.07 Å². The summed E-state index contributed by atoms with van der Waals surface area (Å²) in [6.07, 6.45) is 0. The van der Waals surface area contributed by atoms with Crippen molar-refractivity contribution in [2.24, 2.45) is 5.73 Å². The van der Waals surface area contributed by atoms with E-state index in [-0.39, 0.29) is 17.9 Å². The van der Waals surface area contributed by atoms with Crippen LogP contribution in [0, 0.1) is 17.5 Å². The lowest BCUT2D eigenvalue weighted by Gasteiger charge is -2.27. The average molecular weight is 294 g/mol. The minimum atomic E-state index is -0.705. The van der Waals surface area contributed by atoms with E-state index in [1.54, 1.807) is 12.1 Å². The highest BCUT2D eigenvalue weighted by atomic mass is 19.1. The van der Waals surface area contributed by atoms with Gasteiger partial charge in [-0.25, -0.2) is 13.2 Å². The lowest BCUT2D eigenvalue weighted by Crippen LogP contribution is -2.32. The second kappa shape index (κ2) is 6.63. The molecule has 5 heteroatoms. The SMILES string of the molecule is CCN(CC(N)c1cc(F)ccc1F)c1cccc(F)c1. The highest BCUT2D eigenvalue weighted by Crippen LogP contribution is 2.21. The highest BCUT2D eigenvalue weighted by Gasteiger charge is 2.16. The van der Waals surface area contributed by atoms with Gasteiger partial charge in [0.1, 0.15) is 17.5 Å². The fraction of sp³-hybridized carbons (Fsp3) is 0.250. The van der Waals surface area contributed by atoms with Crippen LogP contribution in [0.15, 0.2) is 42.5 Å². The minimum absolute atomic E-state index is 0.116. The number of likely N-dealkylation sites (N-methyl/N-ethyl adjacent to an activating group) is 1. The number of hydrogen-bond acceptors (Lipinski definition) is 2. The molecule has 2 N–H and O–H groups in total. The molecule has 0 saturated carbocycles. The van der Waals surface area contributed by atoms with E-state index in [1.807, 2.05) is 11.8 Å². The first kappa shape index (κ1) is 15.4. The Balaban J connectivity index is 2.20. The second-order valence-electron chi connectivity index (χ2n) is 4.79. The van der Waals surface area contributed by atoms with Gasteiger partial charge in [-0.15, -0.1) is 0 Å². The van der Waals surface area contributed by atoms with E-state index in [4.69, 9.17) is 5.73 Å². The van der Waals surface area contributed by atoms with Gasteiger partial charge < -0.3 is 10.6 Å². The molecule has 1 atom stereocenters. The molecule has 0 aliphatic rings. The van der Waals surface area contributed by atoms with E-state index in [0.717, 1.165) is 18.2 Å². The molecule has 0 saturated heterocycles. The van der Waals surface area contributed by atoms with Gasteiger partial charge in [0.2, 0.25) is 0 Å². The van der Waals surface area contributed by atoms with E-state index in [0.29, 0.717) is 12.2 Å². The van der Waals surface area contributed by atoms with E-state index >= 15 is 0 Å². The molecule has 0 radical (unpaired) electrons. The smallest absolute Gasteiger partial charge is 0.128 e. The van der Waals surface area contributed by atoms with Crippen molar-refractivity contribution in [3.8, 4) is 0 Å². The molecule has 2 aromatic carbocycles. The number of benzene rings is 2. The van der Waals surface area contributed by atoms with Crippen LogP contribution in [0.25, 0.3) is 0 Å². The van der Waals surface area contributed by atoms with Crippen LogP contribution in [0.3, 0.4) is 0 Å². The van der Waals surface area contributed by atoms with Crippen LogP contribution in [0.5, 0.6) is 0 Å². The molecule has 2 rings (SSSR count). The lowest BCUT2D eigenvalue weighted by atomic mass is 10.1. The third-order valence-corrected chi connectivity index (χ3v) is 3.33. The highest BCUT2D eigenvalue weighted by molar-refractivity contribution is 5.46. The number of hydrogen-bond donors (Lipinski definition) is 1. The van der Waals surface area contributed by atoms with Crippen LogP contribution < -0.4 is 10.6 Å². The Bertz CT molecular complexity index is 616. The van der Waals surface area contributed by atoms with Crippen LogP contribution in [0.2, 0.25) is 0 Å². The normalized spacial score (nSPS) is 12.2. The van der Waals surface area contributed by atoms with Crippen molar-refractivity contribution in [1.29, 1.82) is 0 Å². The molecule has 21 heavy (non-hydrogen) atoms. The van der Waals surface area contributed by atoms with Crippen LogP contribution in [-0.4, -0.2) is 13.1 Å². The molecular weight excluding hydrogens is 277 g/mol. The summed E-state index contributed by atoms with van der Waals surface area (Å²) in [6, 6.07) is 8.59. The van der Waals surface area contributed by atoms with Crippen molar-refractivity contribution in [3.05, 3.63) is 65.5 Å². The predicted octanol–water partition coefficient (Wildman–Crippen LogP) is 3.63. The van der Waals surface area contributed by atoms with Gasteiger partial charge in [-0.05, 0) is 43.3 Å². The summed E-state index contributed by atoms with van der Waals surface area (Å²) in [5.41, 5.74) is 6.75. The zero-order valence-electron chi connectivity index (χ0n) is 11.7. The van der Waals surface area contributed by atoms with Crippen molar-refractivity contribution >= 4 is 5.69 Å². The zero-order chi connectivity index (χ0) is 15.4. The first-order valence-electron chi connectivity index (χ1n) is 6.72. The standard InChI is InChI=1S/C16H17F3N2/c1-2-21(13-5-3-4-11(17)8-13)10-16(20)14-9-12(18)6-7-15(14)19/h3-9,16H,2,10,20H2,1H3. The number of anilines is 1. The molecular formula is C16H17F3N2. The van der Waals surface area contributed by atoms with Gasteiger partial charge in [0.25, 0.3) is 0 Å². The number of nitrogens with zero attached hydrogens (tertiary/aromatic N) is 1. The van der Waals surface area contributed by atoms with Gasteiger partial charge >= 0.3 is 0 Å². The maximum Gasteiger partial charge on any atom is 0.128 e. The summed E-state index contributed by atoms with van der Waals surface area (Å²) in [7, 11) is 0. The Morgan fingerprint density at radius 2 is 1.76 bits per heavy atom. The van der Waals surface area contributed by atoms with Crippen molar-refractivity contribution in [2.45, 2.75) is 13.0 Å². The molecule has 0 bridgehead atoms. The van der Waals surface area contributed by atoms with E-state index < -0.39 is 17.7 Å². The van der Waals surface area contributed by atoms with Crippen molar-refractivity contribution in [1.82, 2.24) is 0 Å². The third-order valence-electron chi connectivity index (χ3n) is 3.33. The van der Waals surface area contributed by atoms with Crippen LogP contribution in [-0.2, 0) is 0 Å². The van der Waals surface area contributed by atoms with Gasteiger partial charge in [0, 0.05) is 24.3 Å². The Kier molecular flexibility index (Phi) is 4.85. The monoisotopic (exact) mass is 294 g/mol. The number of rotatable bonds is 5. The minimum Gasteiger partial charge on any atom is -0.370 e. The van der Waals surface area contributed by atoms with E-state index in [2.05, 4.69) is 0 Å². The van der Waals surface area contributed by atoms with E-state index in [9.17, 15) is 13.2 Å². The molecule has 112 valence electrons. The summed E-state index contributed by atoms with van der Waals surface area (Å²) in [4.78, 5) is 1.82. The molecule has 0 aliphatic carbocycles. The predicted molar refractivity (Wildman–Crippen MR) is 77.6 cm³/mol. The topological polar surface area (TPSA) is 29.3 Å². The molecule has 1 unspecified atom stereocenters. The fourth-order valence-electron chi connectivity index (χ4n) is 2.22. The van der Waals surface area contributed by atoms with E-state index in [1.165, 1.54) is 12.1 Å². The third kappa shape index (κ3) is 3.76. The van der Waals surface area contributed by atoms with Crippen LogP contribution in [0.1, 0.15) is 18.5 Å². The van der Waals surface area contributed by atoms with Gasteiger partial charge in [0.05, 0.1) is 6.04 Å². The number of halogens is 3. The Labute approximate surface area is 122 Å². The largest absolute Gasteiger partial charge is 0.370 e. The summed E-state index contributed by atoms with van der Waals surface area (Å²) in [6.45, 7) is 2.73. The lowest BCUT2D eigenvalue weighted by molar-refractivity contribution is 0.557. The molecule has 0 aromatic heterocycles. The van der Waals surface area contributed by atoms with Crippen LogP contribution in [0.4, 0.5) is 18.9 Å². The van der Waals surface area contributed by atoms with Crippen LogP contribution >= 0.6 is 0 Å². The maximum absolute atomic E-state index is 13.7. The molecule has 2 aromatic rings. The first-order valence-corrected chi connectivity index (χ1v) is 6.72. The average Bonchev–Trinajstić information content (AvgIpc) is 2.47. The number of nitrogens with two attached hydrogens (primary N) is 1. The molecule has 0 amide bonds. The Morgan fingerprint density at radius 1 is 1.05 bits per heavy atom.